The summed E-state index contributed by atoms with van der Waals surface area (Å²) in [4.78, 5) is 25.8. The number of carbonyl (C=O) groups excluding carboxylic acids is 2. The molecule has 1 unspecified atom stereocenters. The molecule has 0 spiro atoms. The molecule has 26 heavy (non-hydrogen) atoms. The van der Waals surface area contributed by atoms with Crippen molar-refractivity contribution < 1.29 is 22.7 Å². The van der Waals surface area contributed by atoms with Gasteiger partial charge in [0.2, 0.25) is 0 Å². The molecule has 2 aliphatic heterocycles. The zero-order chi connectivity index (χ0) is 19.5. The number of hydrogen-bond acceptors (Lipinski definition) is 7. The van der Waals surface area contributed by atoms with E-state index in [0.717, 1.165) is 0 Å². The van der Waals surface area contributed by atoms with Gasteiger partial charge in [-0.25, -0.2) is 13.2 Å². The van der Waals surface area contributed by atoms with Gasteiger partial charge in [0.05, 0.1) is 11.8 Å². The molecule has 1 atom stereocenters. The van der Waals surface area contributed by atoms with Crippen LogP contribution in [0.15, 0.2) is 28.3 Å². The van der Waals surface area contributed by atoms with Crippen LogP contribution in [0.4, 0.5) is 0 Å². The molecule has 9 nitrogen and oxygen atoms in total. The van der Waals surface area contributed by atoms with E-state index in [2.05, 4.69) is 9.71 Å². The van der Waals surface area contributed by atoms with E-state index in [1.54, 1.807) is 33.0 Å². The first-order valence-corrected chi connectivity index (χ1v) is 9.56. The number of nitriles is 1. The average Bonchev–Trinajstić information content (AvgIpc) is 2.58. The molecular weight excluding hydrogens is 360 g/mol. The summed E-state index contributed by atoms with van der Waals surface area (Å²) in [7, 11) is -3.64. The Balaban J connectivity index is 2.05. The lowest BCUT2D eigenvalue weighted by molar-refractivity contribution is -0.144. The van der Waals surface area contributed by atoms with Crippen LogP contribution in [0.3, 0.4) is 0 Å². The van der Waals surface area contributed by atoms with E-state index in [-0.39, 0.29) is 29.6 Å². The lowest BCUT2D eigenvalue weighted by atomic mass is 9.90. The number of allylic oxidation sites excluding steroid dienone is 2. The van der Waals surface area contributed by atoms with Gasteiger partial charge in [-0.1, -0.05) is 13.8 Å². The second-order valence-electron chi connectivity index (χ2n) is 6.41. The smallest absolute Gasteiger partial charge is 0.342 e. The molecule has 0 radical (unpaired) electrons. The van der Waals surface area contributed by atoms with Crippen LogP contribution in [0, 0.1) is 17.2 Å². The fraction of sp³-hybridized carbons (Fsp3) is 0.500. The normalized spacial score (nSPS) is 20.2. The largest absolute Gasteiger partial charge is 0.452 e. The molecule has 0 fully saturated rings. The molecule has 2 aliphatic rings. The molecular formula is C16H20N4O5S. The van der Waals surface area contributed by atoms with Crippen molar-refractivity contribution in [1.29, 1.82) is 5.26 Å². The van der Waals surface area contributed by atoms with Crippen molar-refractivity contribution in [2.24, 2.45) is 10.3 Å². The SMILES string of the molecule is CC(C)C(C)(C#N)NC(=O)COC(=O)C1=CC=CN2CCS(=O)(=O)N=C12. The summed E-state index contributed by atoms with van der Waals surface area (Å²) in [5.41, 5.74) is -1.13. The van der Waals surface area contributed by atoms with Gasteiger partial charge in [-0.05, 0) is 25.0 Å². The maximum Gasteiger partial charge on any atom is 0.342 e. The number of esters is 1. The van der Waals surface area contributed by atoms with Crippen LogP contribution in [0.1, 0.15) is 20.8 Å². The van der Waals surface area contributed by atoms with Gasteiger partial charge in [0.15, 0.2) is 12.4 Å². The van der Waals surface area contributed by atoms with E-state index in [0.29, 0.717) is 0 Å². The molecule has 10 heteroatoms. The molecule has 0 saturated heterocycles. The molecule has 0 aliphatic carbocycles. The molecule has 1 N–H and O–H groups in total. The van der Waals surface area contributed by atoms with Crippen molar-refractivity contribution in [3.8, 4) is 6.07 Å². The predicted molar refractivity (Wildman–Crippen MR) is 93.1 cm³/mol. The fourth-order valence-electron chi connectivity index (χ4n) is 2.21. The van der Waals surface area contributed by atoms with Crippen LogP contribution in [-0.4, -0.2) is 55.5 Å². The van der Waals surface area contributed by atoms with E-state index in [9.17, 15) is 23.3 Å². The maximum atomic E-state index is 12.3. The Morgan fingerprint density at radius 3 is 2.81 bits per heavy atom. The minimum absolute atomic E-state index is 0.0202. The Morgan fingerprint density at radius 2 is 2.19 bits per heavy atom. The van der Waals surface area contributed by atoms with Crippen molar-refractivity contribution in [3.63, 3.8) is 0 Å². The minimum Gasteiger partial charge on any atom is -0.452 e. The first kappa shape index (κ1) is 19.7. The molecule has 2 rings (SSSR count). The summed E-state index contributed by atoms with van der Waals surface area (Å²) in [5.74, 6) is -1.80. The van der Waals surface area contributed by atoms with Crippen LogP contribution in [-0.2, 0) is 24.3 Å². The van der Waals surface area contributed by atoms with Crippen molar-refractivity contribution in [2.45, 2.75) is 26.3 Å². The number of rotatable bonds is 5. The fourth-order valence-corrected chi connectivity index (χ4v) is 3.20. The van der Waals surface area contributed by atoms with Crippen LogP contribution in [0.5, 0.6) is 0 Å². The van der Waals surface area contributed by atoms with Gasteiger partial charge in [0.1, 0.15) is 11.1 Å². The third-order valence-corrected chi connectivity index (χ3v) is 5.35. The van der Waals surface area contributed by atoms with Gasteiger partial charge in [-0.2, -0.15) is 5.26 Å². The van der Waals surface area contributed by atoms with Crippen LogP contribution in [0.2, 0.25) is 0 Å². The highest BCUT2D eigenvalue weighted by molar-refractivity contribution is 7.90. The number of fused-ring (bicyclic) bond motifs is 1. The summed E-state index contributed by atoms with van der Waals surface area (Å²) in [6, 6.07) is 2.02. The van der Waals surface area contributed by atoms with E-state index in [1.165, 1.54) is 11.0 Å². The monoisotopic (exact) mass is 380 g/mol. The molecule has 0 saturated carbocycles. The van der Waals surface area contributed by atoms with E-state index in [1.807, 2.05) is 6.07 Å². The van der Waals surface area contributed by atoms with Gasteiger partial charge in [-0.15, -0.1) is 4.40 Å². The van der Waals surface area contributed by atoms with Crippen molar-refractivity contribution in [1.82, 2.24) is 10.2 Å². The third kappa shape index (κ3) is 4.29. The molecule has 2 heterocycles. The van der Waals surface area contributed by atoms with Crippen LogP contribution < -0.4 is 5.32 Å². The Morgan fingerprint density at radius 1 is 1.50 bits per heavy atom. The summed E-state index contributed by atoms with van der Waals surface area (Å²) in [5, 5.41) is 11.7. The number of hydrogen-bond donors (Lipinski definition) is 1. The average molecular weight is 380 g/mol. The Bertz CT molecular complexity index is 850. The van der Waals surface area contributed by atoms with Gasteiger partial charge in [0, 0.05) is 12.7 Å². The first-order valence-electron chi connectivity index (χ1n) is 7.95. The van der Waals surface area contributed by atoms with Gasteiger partial charge in [0.25, 0.3) is 15.9 Å². The highest BCUT2D eigenvalue weighted by atomic mass is 32.2. The number of amidine groups is 1. The van der Waals surface area contributed by atoms with Gasteiger partial charge >= 0.3 is 5.97 Å². The molecule has 0 aromatic heterocycles. The molecule has 0 aromatic rings. The Kier molecular flexibility index (Phi) is 5.51. The number of ether oxygens (including phenoxy) is 1. The molecule has 140 valence electrons. The second-order valence-corrected chi connectivity index (χ2v) is 8.16. The van der Waals surface area contributed by atoms with Gasteiger partial charge < -0.3 is 15.0 Å². The van der Waals surface area contributed by atoms with Gasteiger partial charge in [-0.3, -0.25) is 4.79 Å². The molecule has 1 amide bonds. The first-order chi connectivity index (χ1) is 12.1. The Labute approximate surface area is 152 Å². The third-order valence-electron chi connectivity index (χ3n) is 4.20. The summed E-state index contributed by atoms with van der Waals surface area (Å²) in [6.07, 6.45) is 4.56. The standard InChI is InChI=1S/C16H20N4O5S/c1-11(2)16(3,10-17)18-13(21)9-25-15(22)12-5-4-6-20-7-8-26(23,24)19-14(12)20/h4-6,11H,7-9H2,1-3H3,(H,18,21). The summed E-state index contributed by atoms with van der Waals surface area (Å²) in [6.45, 7) is 4.72. The number of carbonyl (C=O) groups is 2. The van der Waals surface area contributed by atoms with Crippen molar-refractivity contribution in [2.75, 3.05) is 18.9 Å². The quantitative estimate of drug-likeness (QED) is 0.669. The lowest BCUT2D eigenvalue weighted by Crippen LogP contribution is -2.50. The molecule has 0 aromatic carbocycles. The van der Waals surface area contributed by atoms with Crippen molar-refractivity contribution in [3.05, 3.63) is 23.9 Å². The maximum absolute atomic E-state index is 12.3. The number of sulfonamides is 1. The highest BCUT2D eigenvalue weighted by Crippen LogP contribution is 2.19. The Hall–Kier alpha value is -2.67. The van der Waals surface area contributed by atoms with Crippen LogP contribution >= 0.6 is 0 Å². The van der Waals surface area contributed by atoms with E-state index in [4.69, 9.17) is 4.74 Å². The second kappa shape index (κ2) is 7.29. The minimum atomic E-state index is -3.64. The topological polar surface area (TPSA) is 129 Å². The van der Waals surface area contributed by atoms with E-state index < -0.39 is 34.0 Å². The molecule has 0 bridgehead atoms. The summed E-state index contributed by atoms with van der Waals surface area (Å²) >= 11 is 0. The predicted octanol–water partition coefficient (Wildman–Crippen LogP) is 0.0817. The van der Waals surface area contributed by atoms with Crippen molar-refractivity contribution >= 4 is 27.7 Å². The van der Waals surface area contributed by atoms with E-state index >= 15 is 0 Å². The summed E-state index contributed by atoms with van der Waals surface area (Å²) < 4.78 is 31.9. The zero-order valence-electron chi connectivity index (χ0n) is 14.7. The zero-order valence-corrected chi connectivity index (χ0v) is 15.5. The number of nitrogens with zero attached hydrogens (tertiary/aromatic N) is 3. The number of amides is 1. The van der Waals surface area contributed by atoms with Crippen LogP contribution in [0.25, 0.3) is 0 Å². The lowest BCUT2D eigenvalue weighted by Gasteiger charge is -2.28. The number of nitrogens with one attached hydrogen (secondary N) is 1. The highest BCUT2D eigenvalue weighted by Gasteiger charge is 2.32.